The minimum absolute atomic E-state index is 0.0706. The highest BCUT2D eigenvalue weighted by Crippen LogP contribution is 2.22. The Hall–Kier alpha value is -2.01. The molecule has 0 bridgehead atoms. The molecule has 0 aliphatic rings. The molecule has 4 N–H and O–H groups in total. The van der Waals surface area contributed by atoms with E-state index in [0.717, 1.165) is 6.07 Å². The summed E-state index contributed by atoms with van der Waals surface area (Å²) in [5.74, 6) is -0.391. The van der Waals surface area contributed by atoms with E-state index in [-0.39, 0.29) is 23.1 Å². The lowest BCUT2D eigenvalue weighted by Crippen LogP contribution is -2.04. The van der Waals surface area contributed by atoms with Gasteiger partial charge in [-0.2, -0.15) is 0 Å². The van der Waals surface area contributed by atoms with E-state index in [9.17, 15) is 9.50 Å². The minimum Gasteiger partial charge on any atom is -0.508 e. The largest absolute Gasteiger partial charge is 0.508 e. The van der Waals surface area contributed by atoms with Crippen molar-refractivity contribution in [2.24, 2.45) is 0 Å². The number of hydrogen-bond acceptors (Lipinski definition) is 4. The standard InChI is InChI=1S/C12H11ClFN3O/c13-8-4-10(14)12(17-6-8)16-5-7-3-9(15)1-2-11(7)18/h1-4,6,18H,5,15H2,(H,16,17). The Morgan fingerprint density at radius 1 is 1.39 bits per heavy atom. The van der Waals surface area contributed by atoms with Crippen molar-refractivity contribution in [3.63, 3.8) is 0 Å². The summed E-state index contributed by atoms with van der Waals surface area (Å²) in [5.41, 5.74) is 6.68. The van der Waals surface area contributed by atoms with Gasteiger partial charge in [0, 0.05) is 24.0 Å². The zero-order chi connectivity index (χ0) is 13.1. The molecule has 0 saturated heterocycles. The number of anilines is 2. The van der Waals surface area contributed by atoms with Crippen molar-refractivity contribution in [2.75, 3.05) is 11.1 Å². The van der Waals surface area contributed by atoms with Crippen LogP contribution in [0.25, 0.3) is 0 Å². The Labute approximate surface area is 108 Å². The number of nitrogens with one attached hydrogen (secondary N) is 1. The molecule has 94 valence electrons. The number of pyridine rings is 1. The molecule has 0 atom stereocenters. The van der Waals surface area contributed by atoms with Crippen LogP contribution in [0.2, 0.25) is 5.02 Å². The third kappa shape index (κ3) is 2.81. The van der Waals surface area contributed by atoms with Crippen molar-refractivity contribution in [2.45, 2.75) is 6.54 Å². The first-order valence-corrected chi connectivity index (χ1v) is 5.56. The summed E-state index contributed by atoms with van der Waals surface area (Å²) >= 11 is 5.59. The van der Waals surface area contributed by atoms with E-state index in [1.807, 2.05) is 0 Å². The molecule has 18 heavy (non-hydrogen) atoms. The summed E-state index contributed by atoms with van der Waals surface area (Å²) in [6.07, 6.45) is 1.34. The highest BCUT2D eigenvalue weighted by atomic mass is 35.5. The molecule has 2 aromatic rings. The first kappa shape index (κ1) is 12.4. The molecule has 1 aromatic carbocycles. The van der Waals surface area contributed by atoms with Gasteiger partial charge in [-0.1, -0.05) is 11.6 Å². The van der Waals surface area contributed by atoms with Gasteiger partial charge in [0.15, 0.2) is 11.6 Å². The normalized spacial score (nSPS) is 10.3. The van der Waals surface area contributed by atoms with Crippen LogP contribution in [0, 0.1) is 5.82 Å². The van der Waals surface area contributed by atoms with Crippen molar-refractivity contribution in [1.82, 2.24) is 4.98 Å². The fourth-order valence-electron chi connectivity index (χ4n) is 1.47. The molecular formula is C12H11ClFN3O. The van der Waals surface area contributed by atoms with E-state index >= 15 is 0 Å². The second kappa shape index (κ2) is 5.10. The van der Waals surface area contributed by atoms with Gasteiger partial charge in [-0.3, -0.25) is 0 Å². The second-order valence-corrected chi connectivity index (χ2v) is 4.16. The van der Waals surface area contributed by atoms with Crippen LogP contribution in [0.15, 0.2) is 30.5 Å². The zero-order valence-corrected chi connectivity index (χ0v) is 10.1. The Morgan fingerprint density at radius 2 is 2.17 bits per heavy atom. The van der Waals surface area contributed by atoms with Gasteiger partial charge in [0.05, 0.1) is 5.02 Å². The molecule has 1 aromatic heterocycles. The molecule has 0 spiro atoms. The maximum atomic E-state index is 13.4. The van der Waals surface area contributed by atoms with Crippen LogP contribution in [0.1, 0.15) is 5.56 Å². The quantitative estimate of drug-likeness (QED) is 0.591. The maximum absolute atomic E-state index is 13.4. The Bertz CT molecular complexity index is 577. The summed E-state index contributed by atoms with van der Waals surface area (Å²) in [6, 6.07) is 5.84. The van der Waals surface area contributed by atoms with Crippen molar-refractivity contribution in [1.29, 1.82) is 0 Å². The fraction of sp³-hybridized carbons (Fsp3) is 0.0833. The first-order chi connectivity index (χ1) is 8.56. The Morgan fingerprint density at radius 3 is 2.89 bits per heavy atom. The number of phenols is 1. The third-order valence-electron chi connectivity index (χ3n) is 2.36. The van der Waals surface area contributed by atoms with Crippen LogP contribution in [0.3, 0.4) is 0 Å². The monoisotopic (exact) mass is 267 g/mol. The lowest BCUT2D eigenvalue weighted by atomic mass is 10.2. The Balaban J connectivity index is 2.13. The van der Waals surface area contributed by atoms with Gasteiger partial charge in [-0.25, -0.2) is 9.37 Å². The number of halogens is 2. The van der Waals surface area contributed by atoms with Crippen molar-refractivity contribution in [3.05, 3.63) is 46.9 Å². The van der Waals surface area contributed by atoms with E-state index in [2.05, 4.69) is 10.3 Å². The number of benzene rings is 1. The van der Waals surface area contributed by atoms with Crippen LogP contribution in [-0.2, 0) is 6.54 Å². The molecule has 0 fully saturated rings. The van der Waals surface area contributed by atoms with Gasteiger partial charge in [-0.05, 0) is 24.3 Å². The molecule has 0 aliphatic carbocycles. The lowest BCUT2D eigenvalue weighted by Gasteiger charge is -2.09. The van der Waals surface area contributed by atoms with E-state index in [1.165, 1.54) is 12.3 Å². The van der Waals surface area contributed by atoms with Gasteiger partial charge in [0.25, 0.3) is 0 Å². The van der Waals surface area contributed by atoms with Crippen LogP contribution < -0.4 is 11.1 Å². The lowest BCUT2D eigenvalue weighted by molar-refractivity contribution is 0.469. The molecule has 0 saturated carbocycles. The molecule has 6 heteroatoms. The summed E-state index contributed by atoms with van der Waals surface area (Å²) in [6.45, 7) is 0.211. The van der Waals surface area contributed by atoms with E-state index in [1.54, 1.807) is 12.1 Å². The molecule has 1 heterocycles. The van der Waals surface area contributed by atoms with Crippen LogP contribution >= 0.6 is 11.6 Å². The molecule has 0 amide bonds. The predicted molar refractivity (Wildman–Crippen MR) is 69.1 cm³/mol. The first-order valence-electron chi connectivity index (χ1n) is 5.18. The molecule has 0 unspecified atom stereocenters. The van der Waals surface area contributed by atoms with E-state index in [0.29, 0.717) is 11.3 Å². The average molecular weight is 268 g/mol. The van der Waals surface area contributed by atoms with Crippen molar-refractivity contribution < 1.29 is 9.50 Å². The smallest absolute Gasteiger partial charge is 0.166 e. The fourth-order valence-corrected chi connectivity index (χ4v) is 1.62. The van der Waals surface area contributed by atoms with Gasteiger partial charge in [0.1, 0.15) is 5.75 Å². The SMILES string of the molecule is Nc1ccc(O)c(CNc2ncc(Cl)cc2F)c1. The molecule has 0 aliphatic heterocycles. The van der Waals surface area contributed by atoms with Gasteiger partial charge < -0.3 is 16.2 Å². The topological polar surface area (TPSA) is 71.2 Å². The maximum Gasteiger partial charge on any atom is 0.166 e. The number of hydrogen-bond donors (Lipinski definition) is 3. The van der Waals surface area contributed by atoms with E-state index < -0.39 is 5.82 Å². The summed E-state index contributed by atoms with van der Waals surface area (Å²) in [7, 11) is 0. The van der Waals surface area contributed by atoms with Crippen LogP contribution in [-0.4, -0.2) is 10.1 Å². The van der Waals surface area contributed by atoms with Gasteiger partial charge in [-0.15, -0.1) is 0 Å². The predicted octanol–water partition coefficient (Wildman–Crippen LogP) is 2.77. The highest BCUT2D eigenvalue weighted by Gasteiger charge is 2.06. The van der Waals surface area contributed by atoms with Crippen LogP contribution in [0.5, 0.6) is 5.75 Å². The van der Waals surface area contributed by atoms with Crippen LogP contribution in [0.4, 0.5) is 15.9 Å². The molecule has 0 radical (unpaired) electrons. The molecule has 4 nitrogen and oxygen atoms in total. The average Bonchev–Trinajstić information content (AvgIpc) is 2.32. The van der Waals surface area contributed by atoms with Crippen molar-refractivity contribution in [3.8, 4) is 5.75 Å². The second-order valence-electron chi connectivity index (χ2n) is 3.73. The van der Waals surface area contributed by atoms with Gasteiger partial charge in [0.2, 0.25) is 0 Å². The minimum atomic E-state index is -0.550. The zero-order valence-electron chi connectivity index (χ0n) is 9.32. The highest BCUT2D eigenvalue weighted by molar-refractivity contribution is 6.30. The number of nitrogens with two attached hydrogens (primary N) is 1. The molecular weight excluding hydrogens is 257 g/mol. The summed E-state index contributed by atoms with van der Waals surface area (Å²) in [4.78, 5) is 3.81. The number of phenolic OH excluding ortho intramolecular Hbond substituents is 1. The number of aromatic nitrogens is 1. The number of nitrogens with zero attached hydrogens (tertiary/aromatic N) is 1. The number of nitrogen functional groups attached to an aromatic ring is 1. The summed E-state index contributed by atoms with van der Waals surface area (Å²) in [5, 5.41) is 12.6. The number of aromatic hydroxyl groups is 1. The summed E-state index contributed by atoms with van der Waals surface area (Å²) < 4.78 is 13.4. The number of rotatable bonds is 3. The molecule has 2 rings (SSSR count). The van der Waals surface area contributed by atoms with E-state index in [4.69, 9.17) is 17.3 Å². The van der Waals surface area contributed by atoms with Crippen molar-refractivity contribution >= 4 is 23.1 Å². The van der Waals surface area contributed by atoms with Gasteiger partial charge >= 0.3 is 0 Å². The third-order valence-corrected chi connectivity index (χ3v) is 2.56. The Kier molecular flexibility index (Phi) is 3.53.